The highest BCUT2D eigenvalue weighted by Crippen LogP contribution is 2.15. The Hall–Kier alpha value is -0.508. The minimum atomic E-state index is -0.582. The fraction of sp³-hybridized carbons (Fsp3) is 0.385. The molecule has 0 aromatic heterocycles. The Morgan fingerprint density at radius 2 is 1.71 bits per heavy atom. The molecular weight excluding hydrogens is 183 g/mol. The molecule has 0 fully saturated rings. The van der Waals surface area contributed by atoms with Crippen LogP contribution in [0.2, 0.25) is 10.6 Å². The van der Waals surface area contributed by atoms with Gasteiger partial charge in [-0.25, -0.2) is 0 Å². The van der Waals surface area contributed by atoms with Crippen molar-refractivity contribution in [2.45, 2.75) is 31.3 Å². The molecule has 0 aliphatic rings. The number of benzene rings is 1. The van der Waals surface area contributed by atoms with Gasteiger partial charge in [0.25, 0.3) is 14.1 Å². The molecule has 0 spiro atoms. The Bertz CT molecular complexity index is 283. The van der Waals surface area contributed by atoms with Crippen LogP contribution < -0.4 is 0 Å². The molecule has 1 heteroatoms. The summed E-state index contributed by atoms with van der Waals surface area (Å²) in [5.74, 6) is 0. The minimum Gasteiger partial charge on any atom is -0.141 e. The SMILES string of the molecule is C[CH2][Al](/[CH]=C(\C)c1ccccc1)[CH2]C. The summed E-state index contributed by atoms with van der Waals surface area (Å²) in [6, 6.07) is 10.7. The van der Waals surface area contributed by atoms with E-state index in [9.17, 15) is 0 Å². The molecule has 0 aliphatic carbocycles. The topological polar surface area (TPSA) is 0 Å². The van der Waals surface area contributed by atoms with Crippen LogP contribution in [0.25, 0.3) is 5.57 Å². The highest BCUT2D eigenvalue weighted by atomic mass is 27.2. The molecule has 74 valence electrons. The van der Waals surface area contributed by atoms with E-state index in [2.05, 4.69) is 56.0 Å². The van der Waals surface area contributed by atoms with Crippen molar-refractivity contribution < 1.29 is 0 Å². The van der Waals surface area contributed by atoms with Crippen LogP contribution in [-0.4, -0.2) is 14.1 Å². The predicted molar refractivity (Wildman–Crippen MR) is 66.8 cm³/mol. The maximum absolute atomic E-state index is 2.54. The molecule has 0 radical (unpaired) electrons. The van der Waals surface area contributed by atoms with Crippen LogP contribution in [0.1, 0.15) is 26.3 Å². The largest absolute Gasteiger partial charge is 0.294 e. The van der Waals surface area contributed by atoms with Gasteiger partial charge in [-0.1, -0.05) is 60.3 Å². The molecule has 1 aromatic rings. The van der Waals surface area contributed by atoms with Crippen molar-refractivity contribution in [1.82, 2.24) is 0 Å². The van der Waals surface area contributed by atoms with E-state index in [1.54, 1.807) is 0 Å². The molecular formula is C13H19Al. The Kier molecular flexibility index (Phi) is 5.01. The van der Waals surface area contributed by atoms with Gasteiger partial charge in [-0.15, -0.1) is 4.94 Å². The van der Waals surface area contributed by atoms with E-state index in [4.69, 9.17) is 0 Å². The van der Waals surface area contributed by atoms with E-state index in [1.165, 1.54) is 21.7 Å². The monoisotopic (exact) mass is 202 g/mol. The van der Waals surface area contributed by atoms with Crippen molar-refractivity contribution in [2.24, 2.45) is 0 Å². The summed E-state index contributed by atoms with van der Waals surface area (Å²) in [7, 11) is 0. The Balaban J connectivity index is 2.78. The standard InChI is InChI=1S/C9H9.2C2H5.Al/c1-8(2)9-6-4-3-5-7-9;2*1-2;/h1,3-7H,2H3;2*1H2,2H3;. The molecule has 1 aromatic carbocycles. The Morgan fingerprint density at radius 1 is 1.14 bits per heavy atom. The lowest BCUT2D eigenvalue weighted by atomic mass is 10.1. The molecule has 0 bridgehead atoms. The van der Waals surface area contributed by atoms with Crippen LogP contribution in [0, 0.1) is 0 Å². The van der Waals surface area contributed by atoms with E-state index in [-0.39, 0.29) is 0 Å². The first kappa shape index (κ1) is 11.6. The second kappa shape index (κ2) is 6.07. The molecule has 0 saturated carbocycles. The summed E-state index contributed by atoms with van der Waals surface area (Å²) in [6.45, 7) is 6.87. The third-order valence-electron chi connectivity index (χ3n) is 2.76. The highest BCUT2D eigenvalue weighted by Gasteiger charge is 2.08. The van der Waals surface area contributed by atoms with E-state index < -0.39 is 14.1 Å². The summed E-state index contributed by atoms with van der Waals surface area (Å²) < 4.78 is 0. The molecule has 0 amide bonds. The number of hydrogen-bond donors (Lipinski definition) is 0. The molecule has 1 rings (SSSR count). The first-order valence-electron chi connectivity index (χ1n) is 5.51. The zero-order valence-corrected chi connectivity index (χ0v) is 10.6. The normalized spacial score (nSPS) is 11.5. The average molecular weight is 202 g/mol. The number of rotatable bonds is 4. The fourth-order valence-electron chi connectivity index (χ4n) is 1.68. The smallest absolute Gasteiger partial charge is 0.141 e. The van der Waals surface area contributed by atoms with Crippen molar-refractivity contribution in [3.63, 3.8) is 0 Å². The highest BCUT2D eigenvalue weighted by molar-refractivity contribution is 6.65. The van der Waals surface area contributed by atoms with E-state index in [0.717, 1.165) is 0 Å². The summed E-state index contributed by atoms with van der Waals surface area (Å²) in [5.41, 5.74) is 2.85. The first-order valence-corrected chi connectivity index (χ1v) is 7.81. The van der Waals surface area contributed by atoms with Crippen molar-refractivity contribution in [3.8, 4) is 0 Å². The lowest BCUT2D eigenvalue weighted by Crippen LogP contribution is -2.05. The van der Waals surface area contributed by atoms with Crippen molar-refractivity contribution in [3.05, 3.63) is 40.8 Å². The minimum absolute atomic E-state index is 0.582. The second-order valence-corrected chi connectivity index (χ2v) is 7.28. The molecule has 14 heavy (non-hydrogen) atoms. The summed E-state index contributed by atoms with van der Waals surface area (Å²) in [5, 5.41) is 2.75. The van der Waals surface area contributed by atoms with Crippen molar-refractivity contribution in [1.29, 1.82) is 0 Å². The van der Waals surface area contributed by atoms with Crippen molar-refractivity contribution >= 4 is 19.7 Å². The lowest BCUT2D eigenvalue weighted by Gasteiger charge is -2.04. The molecule has 0 saturated heterocycles. The van der Waals surface area contributed by atoms with Gasteiger partial charge in [-0.3, -0.25) is 0 Å². The second-order valence-electron chi connectivity index (χ2n) is 3.79. The van der Waals surface area contributed by atoms with Crippen LogP contribution in [-0.2, 0) is 0 Å². The van der Waals surface area contributed by atoms with E-state index in [1.807, 2.05) is 0 Å². The van der Waals surface area contributed by atoms with Gasteiger partial charge in [-0.2, -0.15) is 0 Å². The summed E-state index contributed by atoms with van der Waals surface area (Å²) >= 11 is -0.582. The molecule has 0 nitrogen and oxygen atoms in total. The van der Waals surface area contributed by atoms with Crippen LogP contribution in [0.3, 0.4) is 0 Å². The van der Waals surface area contributed by atoms with Gasteiger partial charge in [0.05, 0.1) is 0 Å². The van der Waals surface area contributed by atoms with Gasteiger partial charge in [0.1, 0.15) is 0 Å². The number of hydrogen-bond acceptors (Lipinski definition) is 0. The molecule has 0 unspecified atom stereocenters. The van der Waals surface area contributed by atoms with Crippen LogP contribution in [0.4, 0.5) is 0 Å². The van der Waals surface area contributed by atoms with Gasteiger partial charge >= 0.3 is 0 Å². The summed E-state index contributed by atoms with van der Waals surface area (Å²) in [6.07, 6.45) is 0. The van der Waals surface area contributed by atoms with Gasteiger partial charge in [0.2, 0.25) is 0 Å². The van der Waals surface area contributed by atoms with Gasteiger partial charge in [-0.05, 0) is 12.5 Å². The van der Waals surface area contributed by atoms with E-state index >= 15 is 0 Å². The fourth-order valence-corrected chi connectivity index (χ4v) is 3.62. The van der Waals surface area contributed by atoms with Crippen LogP contribution >= 0.6 is 0 Å². The van der Waals surface area contributed by atoms with Crippen LogP contribution in [0.5, 0.6) is 0 Å². The molecule has 0 atom stereocenters. The molecule has 0 aliphatic heterocycles. The third-order valence-corrected chi connectivity index (χ3v) is 5.83. The summed E-state index contributed by atoms with van der Waals surface area (Å²) in [4.78, 5) is 2.54. The predicted octanol–water partition coefficient (Wildman–Crippen LogP) is 4.16. The average Bonchev–Trinajstić information content (AvgIpc) is 2.26. The first-order chi connectivity index (χ1) is 6.77. The van der Waals surface area contributed by atoms with Gasteiger partial charge < -0.3 is 0 Å². The molecule has 0 N–H and O–H groups in total. The number of allylic oxidation sites excluding steroid dienone is 1. The zero-order chi connectivity index (χ0) is 10.4. The van der Waals surface area contributed by atoms with Gasteiger partial charge in [0, 0.05) is 0 Å². The van der Waals surface area contributed by atoms with Crippen LogP contribution in [0.15, 0.2) is 35.3 Å². The third kappa shape index (κ3) is 3.33. The van der Waals surface area contributed by atoms with E-state index in [0.29, 0.717) is 0 Å². The van der Waals surface area contributed by atoms with Gasteiger partial charge in [0.15, 0.2) is 0 Å². The Morgan fingerprint density at radius 3 is 2.21 bits per heavy atom. The Labute approximate surface area is 92.0 Å². The molecule has 0 heterocycles. The zero-order valence-electron chi connectivity index (χ0n) is 9.46. The quantitative estimate of drug-likeness (QED) is 0.643. The maximum Gasteiger partial charge on any atom is 0.294 e. The van der Waals surface area contributed by atoms with Crippen molar-refractivity contribution in [2.75, 3.05) is 0 Å². The maximum atomic E-state index is 2.54. The lowest BCUT2D eigenvalue weighted by molar-refractivity contribution is 1.33.